The van der Waals surface area contributed by atoms with E-state index >= 15 is 0 Å². The van der Waals surface area contributed by atoms with E-state index in [1.807, 2.05) is 18.5 Å². The number of nitrogens with zero attached hydrogens (tertiary/aromatic N) is 3. The highest BCUT2D eigenvalue weighted by molar-refractivity contribution is 5.03. The predicted octanol–water partition coefficient (Wildman–Crippen LogP) is -0.262. The molecule has 0 aliphatic heterocycles. The maximum atomic E-state index is 9.10. The lowest BCUT2D eigenvalue weighted by Crippen LogP contribution is -2.34. The smallest absolute Gasteiger partial charge is 0.146 e. The standard InChI is InChI=1S/C9H16N4O/c1-7-11-12-8(13(7)2)5-10-9(6-14)3-4-9/h10,14H,3-6H2,1-2H3. The molecule has 2 N–H and O–H groups in total. The summed E-state index contributed by atoms with van der Waals surface area (Å²) in [4.78, 5) is 0. The maximum Gasteiger partial charge on any atom is 0.146 e. The molecule has 1 aromatic rings. The molecule has 0 spiro atoms. The Morgan fingerprint density at radius 2 is 2.21 bits per heavy atom. The molecule has 2 rings (SSSR count). The predicted molar refractivity (Wildman–Crippen MR) is 51.6 cm³/mol. The zero-order valence-electron chi connectivity index (χ0n) is 8.62. The Labute approximate surface area is 83.2 Å². The molecule has 1 aromatic heterocycles. The van der Waals surface area contributed by atoms with Crippen LogP contribution in [0.1, 0.15) is 24.5 Å². The summed E-state index contributed by atoms with van der Waals surface area (Å²) in [6.45, 7) is 2.82. The zero-order valence-corrected chi connectivity index (χ0v) is 8.62. The lowest BCUT2D eigenvalue weighted by molar-refractivity contribution is 0.228. The minimum Gasteiger partial charge on any atom is -0.394 e. The minimum absolute atomic E-state index is 0.0279. The fourth-order valence-electron chi connectivity index (χ4n) is 1.41. The molecule has 14 heavy (non-hydrogen) atoms. The van der Waals surface area contributed by atoms with Crippen LogP contribution < -0.4 is 5.32 Å². The van der Waals surface area contributed by atoms with Gasteiger partial charge in [-0.1, -0.05) is 0 Å². The van der Waals surface area contributed by atoms with E-state index in [9.17, 15) is 0 Å². The summed E-state index contributed by atoms with van der Waals surface area (Å²) in [6.07, 6.45) is 2.11. The van der Waals surface area contributed by atoms with Crippen LogP contribution in [0.2, 0.25) is 0 Å². The highest BCUT2D eigenvalue weighted by atomic mass is 16.3. The van der Waals surface area contributed by atoms with Crippen LogP contribution in [0.25, 0.3) is 0 Å². The Bertz CT molecular complexity index is 330. The van der Waals surface area contributed by atoms with Crippen molar-refractivity contribution in [2.75, 3.05) is 6.61 Å². The Morgan fingerprint density at radius 1 is 1.50 bits per heavy atom. The molecule has 78 valence electrons. The Hall–Kier alpha value is -0.940. The zero-order chi connectivity index (χ0) is 10.2. The van der Waals surface area contributed by atoms with Gasteiger partial charge in [-0.05, 0) is 19.8 Å². The first-order valence-corrected chi connectivity index (χ1v) is 4.88. The second kappa shape index (κ2) is 3.33. The van der Waals surface area contributed by atoms with Crippen LogP contribution in [-0.2, 0) is 13.6 Å². The summed E-state index contributed by atoms with van der Waals surface area (Å²) in [7, 11) is 1.95. The lowest BCUT2D eigenvalue weighted by Gasteiger charge is -2.13. The number of rotatable bonds is 4. The molecular weight excluding hydrogens is 180 g/mol. The number of aromatic nitrogens is 3. The number of nitrogens with one attached hydrogen (secondary N) is 1. The van der Waals surface area contributed by atoms with Gasteiger partial charge in [0.1, 0.15) is 11.6 Å². The quantitative estimate of drug-likeness (QED) is 0.696. The molecule has 0 bridgehead atoms. The Kier molecular flexibility index (Phi) is 2.28. The van der Waals surface area contributed by atoms with E-state index in [1.54, 1.807) is 0 Å². The number of hydrogen-bond acceptors (Lipinski definition) is 4. The van der Waals surface area contributed by atoms with E-state index in [2.05, 4.69) is 15.5 Å². The van der Waals surface area contributed by atoms with E-state index in [1.165, 1.54) is 0 Å². The number of aliphatic hydroxyl groups is 1. The van der Waals surface area contributed by atoms with Crippen molar-refractivity contribution in [1.29, 1.82) is 0 Å². The summed E-state index contributed by atoms with van der Waals surface area (Å²) in [5.74, 6) is 1.83. The molecular formula is C9H16N4O. The van der Waals surface area contributed by atoms with Crippen molar-refractivity contribution in [3.05, 3.63) is 11.6 Å². The highest BCUT2D eigenvalue weighted by Gasteiger charge is 2.41. The minimum atomic E-state index is -0.0279. The third kappa shape index (κ3) is 1.65. The topological polar surface area (TPSA) is 63.0 Å². The van der Waals surface area contributed by atoms with Crippen LogP contribution >= 0.6 is 0 Å². The first kappa shape index (κ1) is 9.61. The van der Waals surface area contributed by atoms with Gasteiger partial charge >= 0.3 is 0 Å². The van der Waals surface area contributed by atoms with Crippen molar-refractivity contribution < 1.29 is 5.11 Å². The summed E-state index contributed by atoms with van der Waals surface area (Å²) in [5, 5.41) is 20.4. The molecule has 0 atom stereocenters. The first-order valence-electron chi connectivity index (χ1n) is 4.88. The van der Waals surface area contributed by atoms with Gasteiger partial charge in [0.05, 0.1) is 13.2 Å². The van der Waals surface area contributed by atoms with Gasteiger partial charge in [0.2, 0.25) is 0 Å². The molecule has 1 aliphatic carbocycles. The average Bonchev–Trinajstić information content (AvgIpc) is 2.91. The summed E-state index contributed by atoms with van der Waals surface area (Å²) >= 11 is 0. The third-order valence-electron chi connectivity index (χ3n) is 2.96. The van der Waals surface area contributed by atoms with E-state index in [-0.39, 0.29) is 12.1 Å². The van der Waals surface area contributed by atoms with Crippen molar-refractivity contribution in [3.8, 4) is 0 Å². The molecule has 5 nitrogen and oxygen atoms in total. The second-order valence-corrected chi connectivity index (χ2v) is 4.01. The van der Waals surface area contributed by atoms with Crippen molar-refractivity contribution in [2.45, 2.75) is 31.8 Å². The van der Waals surface area contributed by atoms with Crippen molar-refractivity contribution in [3.63, 3.8) is 0 Å². The van der Waals surface area contributed by atoms with Gasteiger partial charge in [0, 0.05) is 12.6 Å². The van der Waals surface area contributed by atoms with E-state index in [4.69, 9.17) is 5.11 Å². The monoisotopic (exact) mass is 196 g/mol. The second-order valence-electron chi connectivity index (χ2n) is 4.01. The van der Waals surface area contributed by atoms with Crippen LogP contribution in [0, 0.1) is 6.92 Å². The van der Waals surface area contributed by atoms with Crippen LogP contribution in [0.4, 0.5) is 0 Å². The average molecular weight is 196 g/mol. The van der Waals surface area contributed by atoms with Crippen molar-refractivity contribution in [1.82, 2.24) is 20.1 Å². The summed E-state index contributed by atoms with van der Waals surface area (Å²) in [6, 6.07) is 0. The molecule has 5 heteroatoms. The molecule has 1 heterocycles. The largest absolute Gasteiger partial charge is 0.394 e. The number of hydrogen-bond donors (Lipinski definition) is 2. The molecule has 1 aliphatic rings. The van der Waals surface area contributed by atoms with Gasteiger partial charge < -0.3 is 15.0 Å². The molecule has 0 saturated heterocycles. The first-order chi connectivity index (χ1) is 6.67. The van der Waals surface area contributed by atoms with Crippen LogP contribution in [-0.4, -0.2) is 32.0 Å². The molecule has 0 amide bonds. The highest BCUT2D eigenvalue weighted by Crippen LogP contribution is 2.34. The molecule has 1 fully saturated rings. The van der Waals surface area contributed by atoms with Gasteiger partial charge in [-0.3, -0.25) is 0 Å². The van der Waals surface area contributed by atoms with E-state index in [0.29, 0.717) is 6.54 Å². The van der Waals surface area contributed by atoms with Gasteiger partial charge in [-0.2, -0.15) is 0 Å². The molecule has 0 unspecified atom stereocenters. The third-order valence-corrected chi connectivity index (χ3v) is 2.96. The molecule has 0 radical (unpaired) electrons. The number of aryl methyl sites for hydroxylation is 1. The van der Waals surface area contributed by atoms with Crippen LogP contribution in [0.5, 0.6) is 0 Å². The normalized spacial score (nSPS) is 18.5. The van der Waals surface area contributed by atoms with E-state index in [0.717, 1.165) is 24.5 Å². The van der Waals surface area contributed by atoms with Gasteiger partial charge in [-0.15, -0.1) is 10.2 Å². The van der Waals surface area contributed by atoms with Gasteiger partial charge in [0.15, 0.2) is 0 Å². The van der Waals surface area contributed by atoms with Crippen molar-refractivity contribution >= 4 is 0 Å². The Morgan fingerprint density at radius 3 is 2.64 bits per heavy atom. The van der Waals surface area contributed by atoms with Crippen LogP contribution in [0.15, 0.2) is 0 Å². The summed E-state index contributed by atoms with van der Waals surface area (Å²) < 4.78 is 1.96. The van der Waals surface area contributed by atoms with Gasteiger partial charge in [0.25, 0.3) is 0 Å². The van der Waals surface area contributed by atoms with Crippen molar-refractivity contribution in [2.24, 2.45) is 7.05 Å². The van der Waals surface area contributed by atoms with Crippen LogP contribution in [0.3, 0.4) is 0 Å². The van der Waals surface area contributed by atoms with Gasteiger partial charge in [-0.25, -0.2) is 0 Å². The SMILES string of the molecule is Cc1nnc(CNC2(CO)CC2)n1C. The van der Waals surface area contributed by atoms with E-state index < -0.39 is 0 Å². The fraction of sp³-hybridized carbons (Fsp3) is 0.778. The number of aliphatic hydroxyl groups excluding tert-OH is 1. The maximum absolute atomic E-state index is 9.10. The Balaban J connectivity index is 1.95. The molecule has 1 saturated carbocycles. The fourth-order valence-corrected chi connectivity index (χ4v) is 1.41. The lowest BCUT2D eigenvalue weighted by atomic mass is 10.3. The summed E-state index contributed by atoms with van der Waals surface area (Å²) in [5.41, 5.74) is -0.0279. The molecule has 0 aromatic carbocycles.